The van der Waals surface area contributed by atoms with Gasteiger partial charge in [0.2, 0.25) is 0 Å². The third-order valence-corrected chi connectivity index (χ3v) is 3.70. The quantitative estimate of drug-likeness (QED) is 0.834. The third-order valence-electron chi connectivity index (χ3n) is 3.70. The van der Waals surface area contributed by atoms with E-state index in [1.807, 2.05) is 26.2 Å². The lowest BCUT2D eigenvalue weighted by Crippen LogP contribution is -2.28. The number of nitrogens with zero attached hydrogens (tertiary/aromatic N) is 3. The van der Waals surface area contributed by atoms with E-state index in [1.54, 1.807) is 24.1 Å². The van der Waals surface area contributed by atoms with Crippen LogP contribution in [0.5, 0.6) is 5.75 Å². The van der Waals surface area contributed by atoms with Crippen molar-refractivity contribution in [2.45, 2.75) is 25.9 Å². The van der Waals surface area contributed by atoms with Gasteiger partial charge in [-0.3, -0.25) is 9.36 Å². The van der Waals surface area contributed by atoms with Crippen molar-refractivity contribution in [3.63, 3.8) is 0 Å². The summed E-state index contributed by atoms with van der Waals surface area (Å²) in [6.45, 7) is 2.79. The standard InChI is InChI=1S/C15H21N3O2/c1-11(17(2)3)8-9-18-10-16-12-6-5-7-13(20-4)14(12)15(18)19/h5-7,10-11H,8-9H2,1-4H3. The maximum absolute atomic E-state index is 12.5. The van der Waals surface area contributed by atoms with Crippen LogP contribution in [0.3, 0.4) is 0 Å². The number of rotatable bonds is 5. The van der Waals surface area contributed by atoms with Gasteiger partial charge in [-0.05, 0) is 39.6 Å². The predicted octanol–water partition coefficient (Wildman–Crippen LogP) is 1.75. The Morgan fingerprint density at radius 1 is 1.40 bits per heavy atom. The summed E-state index contributed by atoms with van der Waals surface area (Å²) >= 11 is 0. The molecule has 0 amide bonds. The Morgan fingerprint density at radius 2 is 2.15 bits per heavy atom. The fourth-order valence-electron chi connectivity index (χ4n) is 2.08. The van der Waals surface area contributed by atoms with Crippen LogP contribution in [0, 0.1) is 0 Å². The van der Waals surface area contributed by atoms with Crippen LogP contribution >= 0.6 is 0 Å². The zero-order chi connectivity index (χ0) is 14.7. The smallest absolute Gasteiger partial charge is 0.264 e. The number of hydrogen-bond donors (Lipinski definition) is 0. The molecule has 0 aliphatic carbocycles. The number of fused-ring (bicyclic) bond motifs is 1. The summed E-state index contributed by atoms with van der Waals surface area (Å²) in [6, 6.07) is 5.87. The molecule has 5 heteroatoms. The highest BCUT2D eigenvalue weighted by molar-refractivity contribution is 5.83. The largest absolute Gasteiger partial charge is 0.496 e. The lowest BCUT2D eigenvalue weighted by Gasteiger charge is -2.19. The zero-order valence-electron chi connectivity index (χ0n) is 12.5. The fourth-order valence-corrected chi connectivity index (χ4v) is 2.08. The van der Waals surface area contributed by atoms with Gasteiger partial charge in [-0.25, -0.2) is 4.98 Å². The van der Waals surface area contributed by atoms with E-state index in [4.69, 9.17) is 4.74 Å². The van der Waals surface area contributed by atoms with Gasteiger partial charge in [-0.15, -0.1) is 0 Å². The molecular weight excluding hydrogens is 254 g/mol. The number of ether oxygens (including phenoxy) is 1. The normalized spacial score (nSPS) is 12.8. The molecule has 5 nitrogen and oxygen atoms in total. The molecule has 0 saturated heterocycles. The summed E-state index contributed by atoms with van der Waals surface area (Å²) in [5.41, 5.74) is 0.629. The Morgan fingerprint density at radius 3 is 2.80 bits per heavy atom. The van der Waals surface area contributed by atoms with Gasteiger partial charge in [0, 0.05) is 12.6 Å². The van der Waals surface area contributed by atoms with Gasteiger partial charge in [0.25, 0.3) is 5.56 Å². The van der Waals surface area contributed by atoms with Gasteiger partial charge < -0.3 is 9.64 Å². The number of benzene rings is 1. The molecule has 1 heterocycles. The van der Waals surface area contributed by atoms with Gasteiger partial charge in [0.1, 0.15) is 11.1 Å². The van der Waals surface area contributed by atoms with Crippen LogP contribution in [-0.4, -0.2) is 41.7 Å². The number of aryl methyl sites for hydroxylation is 1. The third kappa shape index (κ3) is 2.82. The molecule has 1 aromatic heterocycles. The summed E-state index contributed by atoms with van der Waals surface area (Å²) in [5, 5.41) is 0.551. The van der Waals surface area contributed by atoms with E-state index in [-0.39, 0.29) is 5.56 Å². The number of hydrogen-bond acceptors (Lipinski definition) is 4. The van der Waals surface area contributed by atoms with Crippen LogP contribution in [0.15, 0.2) is 29.3 Å². The summed E-state index contributed by atoms with van der Waals surface area (Å²) in [4.78, 5) is 19.0. The molecular formula is C15H21N3O2. The van der Waals surface area contributed by atoms with Crippen molar-refractivity contribution < 1.29 is 4.74 Å². The minimum Gasteiger partial charge on any atom is -0.496 e. The van der Waals surface area contributed by atoms with Gasteiger partial charge in [0.05, 0.1) is 19.0 Å². The summed E-state index contributed by atoms with van der Waals surface area (Å²) < 4.78 is 6.92. The van der Waals surface area contributed by atoms with Crippen LogP contribution in [0.1, 0.15) is 13.3 Å². The first-order chi connectivity index (χ1) is 9.54. The topological polar surface area (TPSA) is 47.4 Å². The first-order valence-electron chi connectivity index (χ1n) is 6.73. The first-order valence-corrected chi connectivity index (χ1v) is 6.73. The molecule has 2 aromatic rings. The van der Waals surface area contributed by atoms with E-state index < -0.39 is 0 Å². The van der Waals surface area contributed by atoms with Gasteiger partial charge in [-0.1, -0.05) is 6.07 Å². The Bertz CT molecular complexity index is 649. The van der Waals surface area contributed by atoms with Crippen molar-refractivity contribution >= 4 is 10.9 Å². The molecule has 0 bridgehead atoms. The molecule has 0 saturated carbocycles. The summed E-state index contributed by atoms with van der Waals surface area (Å²) in [5.74, 6) is 0.579. The minimum absolute atomic E-state index is 0.0431. The fraction of sp³-hybridized carbons (Fsp3) is 0.467. The molecule has 20 heavy (non-hydrogen) atoms. The predicted molar refractivity (Wildman–Crippen MR) is 80.3 cm³/mol. The Balaban J connectivity index is 2.36. The molecule has 0 spiro atoms. The second-order valence-electron chi connectivity index (χ2n) is 5.20. The Kier molecular flexibility index (Phi) is 4.39. The summed E-state index contributed by atoms with van der Waals surface area (Å²) in [6.07, 6.45) is 2.52. The van der Waals surface area contributed by atoms with E-state index >= 15 is 0 Å². The lowest BCUT2D eigenvalue weighted by atomic mass is 10.2. The first kappa shape index (κ1) is 14.5. The molecule has 1 unspecified atom stereocenters. The molecule has 0 radical (unpaired) electrons. The monoisotopic (exact) mass is 275 g/mol. The molecule has 0 fully saturated rings. The maximum atomic E-state index is 12.5. The van der Waals surface area contributed by atoms with Crippen molar-refractivity contribution in [1.29, 1.82) is 0 Å². The Hall–Kier alpha value is -1.88. The van der Waals surface area contributed by atoms with Crippen molar-refractivity contribution in [3.8, 4) is 5.75 Å². The summed E-state index contributed by atoms with van der Waals surface area (Å²) in [7, 11) is 5.64. The highest BCUT2D eigenvalue weighted by atomic mass is 16.5. The van der Waals surface area contributed by atoms with Crippen LogP contribution in [-0.2, 0) is 6.54 Å². The highest BCUT2D eigenvalue weighted by Crippen LogP contribution is 2.19. The average Bonchev–Trinajstić information content (AvgIpc) is 2.45. The Labute approximate surface area is 118 Å². The second kappa shape index (κ2) is 6.05. The van der Waals surface area contributed by atoms with Gasteiger partial charge in [0.15, 0.2) is 0 Å². The van der Waals surface area contributed by atoms with Gasteiger partial charge >= 0.3 is 0 Å². The van der Waals surface area contributed by atoms with Crippen molar-refractivity contribution in [3.05, 3.63) is 34.9 Å². The molecule has 0 aliphatic rings. The zero-order valence-corrected chi connectivity index (χ0v) is 12.5. The average molecular weight is 275 g/mol. The number of aromatic nitrogens is 2. The SMILES string of the molecule is COc1cccc2ncn(CCC(C)N(C)C)c(=O)c12. The maximum Gasteiger partial charge on any atom is 0.264 e. The van der Waals surface area contributed by atoms with Crippen LogP contribution in [0.2, 0.25) is 0 Å². The van der Waals surface area contributed by atoms with E-state index in [1.165, 1.54) is 0 Å². The molecule has 2 rings (SSSR count). The van der Waals surface area contributed by atoms with Crippen molar-refractivity contribution in [2.75, 3.05) is 21.2 Å². The molecule has 108 valence electrons. The van der Waals surface area contributed by atoms with E-state index in [9.17, 15) is 4.79 Å². The lowest BCUT2D eigenvalue weighted by molar-refractivity contribution is 0.287. The van der Waals surface area contributed by atoms with E-state index in [2.05, 4.69) is 16.8 Å². The van der Waals surface area contributed by atoms with Crippen LogP contribution < -0.4 is 10.3 Å². The van der Waals surface area contributed by atoms with E-state index in [0.717, 1.165) is 6.42 Å². The molecule has 0 N–H and O–H groups in total. The molecule has 1 atom stereocenters. The van der Waals surface area contributed by atoms with Gasteiger partial charge in [-0.2, -0.15) is 0 Å². The highest BCUT2D eigenvalue weighted by Gasteiger charge is 2.10. The number of methoxy groups -OCH3 is 1. The molecule has 1 aromatic carbocycles. The van der Waals surface area contributed by atoms with E-state index in [0.29, 0.717) is 29.2 Å². The minimum atomic E-state index is -0.0431. The van der Waals surface area contributed by atoms with Crippen molar-refractivity contribution in [2.24, 2.45) is 0 Å². The second-order valence-corrected chi connectivity index (χ2v) is 5.20. The van der Waals surface area contributed by atoms with Crippen molar-refractivity contribution in [1.82, 2.24) is 14.5 Å². The van der Waals surface area contributed by atoms with Crippen LogP contribution in [0.25, 0.3) is 10.9 Å². The van der Waals surface area contributed by atoms with Crippen LogP contribution in [0.4, 0.5) is 0 Å². The molecule has 0 aliphatic heterocycles.